The van der Waals surface area contributed by atoms with Crippen LogP contribution in [0.3, 0.4) is 0 Å². The summed E-state index contributed by atoms with van der Waals surface area (Å²) in [5.41, 5.74) is 1.10. The first-order valence-electron chi connectivity index (χ1n) is 11.8. The molecule has 0 aliphatic heterocycles. The van der Waals surface area contributed by atoms with Crippen LogP contribution in [0.4, 0.5) is 4.79 Å². The summed E-state index contributed by atoms with van der Waals surface area (Å²) in [5.74, 6) is -0.508. The molecule has 2 unspecified atom stereocenters. The molecular formula is C25H41N3O4S. The van der Waals surface area contributed by atoms with Crippen LogP contribution in [0.25, 0.3) is 0 Å². The van der Waals surface area contributed by atoms with Crippen molar-refractivity contribution in [3.63, 3.8) is 0 Å². The fourth-order valence-electron chi connectivity index (χ4n) is 3.24. The molecule has 7 nitrogen and oxygen atoms in total. The number of unbranched alkanes of at least 4 members (excludes halogenated alkanes) is 2. The molecule has 33 heavy (non-hydrogen) atoms. The lowest BCUT2D eigenvalue weighted by atomic mass is 10.0. The zero-order valence-corrected chi connectivity index (χ0v) is 21.8. The number of carbonyl (C=O) groups is 3. The first-order chi connectivity index (χ1) is 15.5. The van der Waals surface area contributed by atoms with Gasteiger partial charge >= 0.3 is 6.09 Å². The Bertz CT molecular complexity index is 762. The monoisotopic (exact) mass is 479 g/mol. The number of carbonyl (C=O) groups excluding carboxylic acids is 3. The van der Waals surface area contributed by atoms with Crippen LogP contribution in [-0.4, -0.2) is 53.3 Å². The summed E-state index contributed by atoms with van der Waals surface area (Å²) in [4.78, 5) is 40.8. The van der Waals surface area contributed by atoms with Crippen molar-refractivity contribution >= 4 is 30.5 Å². The van der Waals surface area contributed by atoms with Gasteiger partial charge in [0, 0.05) is 18.8 Å². The summed E-state index contributed by atoms with van der Waals surface area (Å²) in [5, 5.41) is 5.60. The second-order valence-corrected chi connectivity index (χ2v) is 9.59. The molecule has 1 aromatic carbocycles. The molecule has 0 saturated carbocycles. The number of ether oxygens (including phenoxy) is 1. The van der Waals surface area contributed by atoms with Gasteiger partial charge in [-0.1, -0.05) is 56.5 Å². The summed E-state index contributed by atoms with van der Waals surface area (Å²) in [6, 6.07) is 5.89. The Hall–Kier alpha value is -2.22. The molecule has 0 bridgehead atoms. The zero-order valence-electron chi connectivity index (χ0n) is 20.9. The molecule has 0 saturated heterocycles. The Balaban J connectivity index is 3.28. The summed E-state index contributed by atoms with van der Waals surface area (Å²) >= 11 is 4.30. The Kier molecular flexibility index (Phi) is 12.3. The highest BCUT2D eigenvalue weighted by Crippen LogP contribution is 2.24. The van der Waals surface area contributed by atoms with Gasteiger partial charge in [0.1, 0.15) is 17.7 Å². The maximum Gasteiger partial charge on any atom is 0.408 e. The largest absolute Gasteiger partial charge is 0.444 e. The van der Waals surface area contributed by atoms with Crippen molar-refractivity contribution in [2.75, 3.05) is 18.8 Å². The van der Waals surface area contributed by atoms with Gasteiger partial charge in [-0.15, -0.1) is 0 Å². The minimum absolute atomic E-state index is 0.0821. The third kappa shape index (κ3) is 10.1. The Labute approximate surface area is 204 Å². The lowest BCUT2D eigenvalue weighted by Crippen LogP contribution is -2.54. The van der Waals surface area contributed by atoms with E-state index in [1.807, 2.05) is 38.1 Å². The van der Waals surface area contributed by atoms with Gasteiger partial charge in [-0.05, 0) is 46.1 Å². The summed E-state index contributed by atoms with van der Waals surface area (Å²) in [7, 11) is 0. The van der Waals surface area contributed by atoms with Gasteiger partial charge in [0.2, 0.25) is 11.8 Å². The normalized spacial score (nSPS) is 13.1. The van der Waals surface area contributed by atoms with Gasteiger partial charge in [0.15, 0.2) is 0 Å². The van der Waals surface area contributed by atoms with Crippen molar-refractivity contribution in [3.05, 3.63) is 35.4 Å². The molecule has 0 spiro atoms. The standard InChI is InChI=1S/C25H41N3O4S/c1-7-9-15-26-22(29)21(19-13-11-18(3)12-14-19)28(16-10-8-2)23(30)20(17-33)27-24(31)32-25(4,5)6/h11-14,20-21,33H,7-10,15-17H2,1-6H3,(H,26,29)(H,27,31). The number of hydrogen-bond acceptors (Lipinski definition) is 5. The SMILES string of the molecule is CCCCNC(=O)C(c1ccc(C)cc1)N(CCCC)C(=O)C(CS)NC(=O)OC(C)(C)C. The number of alkyl carbamates (subject to hydrolysis) is 1. The highest BCUT2D eigenvalue weighted by Gasteiger charge is 2.35. The molecule has 0 aromatic heterocycles. The number of aryl methyl sites for hydroxylation is 1. The minimum atomic E-state index is -0.920. The third-order valence-electron chi connectivity index (χ3n) is 4.99. The van der Waals surface area contributed by atoms with Crippen LogP contribution < -0.4 is 10.6 Å². The highest BCUT2D eigenvalue weighted by molar-refractivity contribution is 7.80. The molecule has 0 aliphatic carbocycles. The average molecular weight is 480 g/mol. The van der Waals surface area contributed by atoms with E-state index in [0.29, 0.717) is 13.1 Å². The van der Waals surface area contributed by atoms with Crippen molar-refractivity contribution in [3.8, 4) is 0 Å². The molecular weight excluding hydrogens is 438 g/mol. The fraction of sp³-hybridized carbons (Fsp3) is 0.640. The Morgan fingerprint density at radius 3 is 2.18 bits per heavy atom. The van der Waals surface area contributed by atoms with E-state index in [1.165, 1.54) is 0 Å². The molecule has 0 aliphatic rings. The molecule has 0 heterocycles. The molecule has 0 radical (unpaired) electrons. The predicted molar refractivity (Wildman–Crippen MR) is 135 cm³/mol. The molecule has 186 valence electrons. The Morgan fingerprint density at radius 1 is 1.06 bits per heavy atom. The van der Waals surface area contributed by atoms with E-state index < -0.39 is 23.8 Å². The second-order valence-electron chi connectivity index (χ2n) is 9.22. The van der Waals surface area contributed by atoms with Crippen LogP contribution in [0.15, 0.2) is 24.3 Å². The van der Waals surface area contributed by atoms with Crippen LogP contribution >= 0.6 is 12.6 Å². The fourth-order valence-corrected chi connectivity index (χ4v) is 3.48. The number of amides is 3. The van der Waals surface area contributed by atoms with Crippen molar-refractivity contribution in [1.29, 1.82) is 0 Å². The predicted octanol–water partition coefficient (Wildman–Crippen LogP) is 4.40. The lowest BCUT2D eigenvalue weighted by Gasteiger charge is -2.34. The van der Waals surface area contributed by atoms with Crippen molar-refractivity contribution in [2.45, 2.75) is 84.9 Å². The smallest absolute Gasteiger partial charge is 0.408 e. The number of rotatable bonds is 12. The van der Waals surface area contributed by atoms with E-state index in [2.05, 4.69) is 30.2 Å². The second kappa shape index (κ2) is 14.1. The van der Waals surface area contributed by atoms with Gasteiger partial charge in [0.25, 0.3) is 0 Å². The topological polar surface area (TPSA) is 87.7 Å². The third-order valence-corrected chi connectivity index (χ3v) is 5.36. The van der Waals surface area contributed by atoms with Crippen LogP contribution in [-0.2, 0) is 14.3 Å². The van der Waals surface area contributed by atoms with Crippen LogP contribution in [0.5, 0.6) is 0 Å². The van der Waals surface area contributed by atoms with E-state index in [9.17, 15) is 14.4 Å². The molecule has 1 aromatic rings. The number of nitrogens with one attached hydrogen (secondary N) is 2. The maximum atomic E-state index is 13.6. The summed E-state index contributed by atoms with van der Waals surface area (Å²) < 4.78 is 5.32. The van der Waals surface area contributed by atoms with Crippen molar-refractivity contribution in [1.82, 2.24) is 15.5 Å². The van der Waals surface area contributed by atoms with E-state index in [-0.39, 0.29) is 17.6 Å². The van der Waals surface area contributed by atoms with Crippen LogP contribution in [0, 0.1) is 6.92 Å². The first-order valence-corrected chi connectivity index (χ1v) is 12.4. The van der Waals surface area contributed by atoms with Gasteiger partial charge in [-0.25, -0.2) is 4.79 Å². The quantitative estimate of drug-likeness (QED) is 0.306. The van der Waals surface area contributed by atoms with Crippen molar-refractivity contribution < 1.29 is 19.1 Å². The van der Waals surface area contributed by atoms with Crippen molar-refractivity contribution in [2.24, 2.45) is 0 Å². The molecule has 1 rings (SSSR count). The molecule has 2 N–H and O–H groups in total. The lowest BCUT2D eigenvalue weighted by molar-refractivity contribution is -0.142. The van der Waals surface area contributed by atoms with Gasteiger partial charge in [0.05, 0.1) is 0 Å². The minimum Gasteiger partial charge on any atom is -0.444 e. The number of nitrogens with zero attached hydrogens (tertiary/aromatic N) is 1. The van der Waals surface area contributed by atoms with E-state index in [1.54, 1.807) is 25.7 Å². The summed E-state index contributed by atoms with van der Waals surface area (Å²) in [6.45, 7) is 12.3. The maximum absolute atomic E-state index is 13.6. The molecule has 8 heteroatoms. The number of benzene rings is 1. The zero-order chi connectivity index (χ0) is 25.0. The molecule has 3 amide bonds. The van der Waals surface area contributed by atoms with Gasteiger partial charge in [-0.2, -0.15) is 12.6 Å². The number of hydrogen-bond donors (Lipinski definition) is 3. The van der Waals surface area contributed by atoms with Gasteiger partial charge in [-0.3, -0.25) is 9.59 Å². The van der Waals surface area contributed by atoms with Crippen LogP contribution in [0.2, 0.25) is 0 Å². The Morgan fingerprint density at radius 2 is 1.67 bits per heavy atom. The highest BCUT2D eigenvalue weighted by atomic mass is 32.1. The van der Waals surface area contributed by atoms with Gasteiger partial charge < -0.3 is 20.3 Å². The molecule has 0 fully saturated rings. The number of thiol groups is 1. The first kappa shape index (κ1) is 28.8. The van der Waals surface area contributed by atoms with E-state index in [0.717, 1.165) is 36.8 Å². The van der Waals surface area contributed by atoms with E-state index >= 15 is 0 Å². The van der Waals surface area contributed by atoms with E-state index in [4.69, 9.17) is 4.74 Å². The summed E-state index contributed by atoms with van der Waals surface area (Å²) in [6.07, 6.45) is 2.70. The van der Waals surface area contributed by atoms with Crippen LogP contribution in [0.1, 0.15) is 77.5 Å². The average Bonchev–Trinajstić information content (AvgIpc) is 2.74. The molecule has 2 atom stereocenters.